The fourth-order valence-corrected chi connectivity index (χ4v) is 4.03. The fraction of sp³-hybridized carbons (Fsp3) is 0.400. The molecule has 0 aromatic heterocycles. The van der Waals surface area contributed by atoms with Crippen molar-refractivity contribution in [2.75, 3.05) is 12.4 Å². The molecule has 31 heavy (non-hydrogen) atoms. The van der Waals surface area contributed by atoms with Gasteiger partial charge in [-0.25, -0.2) is 4.99 Å². The summed E-state index contributed by atoms with van der Waals surface area (Å²) in [4.78, 5) is 21.9. The summed E-state index contributed by atoms with van der Waals surface area (Å²) < 4.78 is 5.75. The first kappa shape index (κ1) is 23.1. The second-order valence-electron chi connectivity index (χ2n) is 8.15. The zero-order valence-electron chi connectivity index (χ0n) is 18.8. The van der Waals surface area contributed by atoms with Crippen LogP contribution in [0.5, 0.6) is 5.75 Å². The topological polar surface area (TPSA) is 63.1 Å². The Bertz CT molecular complexity index is 948. The molecule has 6 heteroatoms. The van der Waals surface area contributed by atoms with E-state index in [1.54, 1.807) is 0 Å². The Hall–Kier alpha value is -2.60. The number of unbranched alkanes of at least 4 members (excludes halogenated alkanes) is 1. The summed E-state index contributed by atoms with van der Waals surface area (Å²) >= 11 is 1.43. The molecule has 1 aliphatic heterocycles. The number of aryl methyl sites for hydroxylation is 1. The van der Waals surface area contributed by atoms with Crippen LogP contribution in [0.2, 0.25) is 0 Å². The first-order valence-corrected chi connectivity index (χ1v) is 11.7. The summed E-state index contributed by atoms with van der Waals surface area (Å²) in [6, 6.07) is 16.1. The molecule has 0 saturated carbocycles. The van der Waals surface area contributed by atoms with Crippen molar-refractivity contribution < 1.29 is 9.53 Å². The fourth-order valence-electron chi connectivity index (χ4n) is 3.07. The molecule has 2 aromatic rings. The van der Waals surface area contributed by atoms with E-state index in [1.165, 1.54) is 17.3 Å². The van der Waals surface area contributed by atoms with E-state index in [4.69, 9.17) is 14.7 Å². The number of thioether (sulfide) groups is 1. The van der Waals surface area contributed by atoms with Crippen molar-refractivity contribution in [2.45, 2.75) is 52.7 Å². The number of hydrogen-bond donors (Lipinski definition) is 1. The summed E-state index contributed by atoms with van der Waals surface area (Å²) in [5.74, 6) is 1.14. The van der Waals surface area contributed by atoms with Crippen LogP contribution in [-0.2, 0) is 11.3 Å². The van der Waals surface area contributed by atoms with E-state index in [0.29, 0.717) is 12.3 Å². The maximum atomic E-state index is 12.4. The van der Waals surface area contributed by atoms with Gasteiger partial charge in [0.15, 0.2) is 0 Å². The summed E-state index contributed by atoms with van der Waals surface area (Å²) in [6.07, 6.45) is 2.15. The van der Waals surface area contributed by atoms with E-state index in [2.05, 4.69) is 31.3 Å². The predicted molar refractivity (Wildman–Crippen MR) is 130 cm³/mol. The molecule has 0 unspecified atom stereocenters. The number of aliphatic imine (C=N–C) groups is 2. The van der Waals surface area contributed by atoms with Gasteiger partial charge in [-0.1, -0.05) is 54.9 Å². The van der Waals surface area contributed by atoms with E-state index in [1.807, 2.05) is 50.2 Å². The molecule has 1 aliphatic rings. The molecule has 0 fully saturated rings. The van der Waals surface area contributed by atoms with Gasteiger partial charge >= 0.3 is 0 Å². The molecule has 0 saturated heterocycles. The van der Waals surface area contributed by atoms with Crippen LogP contribution in [-0.4, -0.2) is 34.7 Å². The molecular formula is C25H31N3O2S. The van der Waals surface area contributed by atoms with Gasteiger partial charge in [0.25, 0.3) is 0 Å². The van der Waals surface area contributed by atoms with Crippen molar-refractivity contribution in [1.82, 2.24) is 5.32 Å². The molecule has 1 amide bonds. The third-order valence-electron chi connectivity index (χ3n) is 4.81. The minimum atomic E-state index is -0.521. The number of nitrogens with zero attached hydrogens (tertiary/aromatic N) is 2. The van der Waals surface area contributed by atoms with Gasteiger partial charge in [-0.05, 0) is 57.0 Å². The zero-order chi connectivity index (χ0) is 22.3. The number of rotatable bonds is 9. The molecular weight excluding hydrogens is 406 g/mol. The van der Waals surface area contributed by atoms with Gasteiger partial charge < -0.3 is 10.1 Å². The van der Waals surface area contributed by atoms with E-state index < -0.39 is 5.66 Å². The maximum Gasteiger partial charge on any atom is 0.230 e. The molecule has 1 N–H and O–H groups in total. The number of ether oxygens (including phenoxy) is 1. The lowest BCUT2D eigenvalue weighted by Gasteiger charge is -2.09. The number of nitrogens with one attached hydrogen (secondary N) is 1. The van der Waals surface area contributed by atoms with Gasteiger partial charge in [-0.15, -0.1) is 0 Å². The van der Waals surface area contributed by atoms with Crippen LogP contribution < -0.4 is 10.1 Å². The van der Waals surface area contributed by atoms with Crippen LogP contribution >= 0.6 is 11.8 Å². The van der Waals surface area contributed by atoms with Crippen molar-refractivity contribution in [1.29, 1.82) is 0 Å². The van der Waals surface area contributed by atoms with Gasteiger partial charge in [0, 0.05) is 12.1 Å². The first-order valence-electron chi connectivity index (χ1n) is 10.7. The number of benzene rings is 2. The Morgan fingerprint density at radius 3 is 2.45 bits per heavy atom. The molecule has 0 atom stereocenters. The molecule has 5 nitrogen and oxygen atoms in total. The van der Waals surface area contributed by atoms with E-state index in [0.717, 1.165) is 47.1 Å². The highest BCUT2D eigenvalue weighted by Gasteiger charge is 2.28. The molecule has 0 bridgehead atoms. The zero-order valence-corrected chi connectivity index (χ0v) is 19.6. The Labute approximate surface area is 189 Å². The highest BCUT2D eigenvalue weighted by molar-refractivity contribution is 8.16. The van der Waals surface area contributed by atoms with Crippen molar-refractivity contribution in [2.24, 2.45) is 9.98 Å². The minimum Gasteiger partial charge on any atom is -0.494 e. The lowest BCUT2D eigenvalue weighted by molar-refractivity contribution is -0.118. The smallest absolute Gasteiger partial charge is 0.230 e. The summed E-state index contributed by atoms with van der Waals surface area (Å²) in [7, 11) is 0. The summed E-state index contributed by atoms with van der Waals surface area (Å²) in [6.45, 7) is 9.39. The Kier molecular flexibility index (Phi) is 7.91. The first-order chi connectivity index (χ1) is 14.9. The summed E-state index contributed by atoms with van der Waals surface area (Å²) in [5.41, 5.74) is 3.60. The molecule has 0 radical (unpaired) electrons. The third kappa shape index (κ3) is 6.96. The van der Waals surface area contributed by atoms with E-state index in [-0.39, 0.29) is 5.91 Å². The molecule has 2 aromatic carbocycles. The normalized spacial score (nSPS) is 14.7. The highest BCUT2D eigenvalue weighted by Crippen LogP contribution is 2.27. The van der Waals surface area contributed by atoms with Gasteiger partial charge in [0.05, 0.1) is 18.1 Å². The maximum absolute atomic E-state index is 12.4. The molecule has 3 rings (SSSR count). The quantitative estimate of drug-likeness (QED) is 0.551. The second kappa shape index (κ2) is 10.6. The number of carbonyl (C=O) groups is 1. The lowest BCUT2D eigenvalue weighted by atomic mass is 10.1. The standard InChI is InChI=1S/C25H31N3O2S/c1-5-6-15-30-21-13-11-20(12-14-21)23-24(28-25(3,4)27-23)31-17-22(29)26-16-19-9-7-18(2)8-10-19/h7-14H,5-6,15-17H2,1-4H3,(H,26,29). The molecule has 0 aliphatic carbocycles. The SMILES string of the molecule is CCCCOc1ccc(C2=NC(C)(C)N=C2SCC(=O)NCc2ccc(C)cc2)cc1. The van der Waals surface area contributed by atoms with Crippen LogP contribution in [0.3, 0.4) is 0 Å². The highest BCUT2D eigenvalue weighted by atomic mass is 32.2. The van der Waals surface area contributed by atoms with Gasteiger partial charge in [0.1, 0.15) is 16.5 Å². The van der Waals surface area contributed by atoms with Gasteiger partial charge in [-0.2, -0.15) is 0 Å². The van der Waals surface area contributed by atoms with Crippen molar-refractivity contribution in [3.05, 3.63) is 65.2 Å². The average molecular weight is 438 g/mol. The van der Waals surface area contributed by atoms with Gasteiger partial charge in [0.2, 0.25) is 5.91 Å². The number of hydrogen-bond acceptors (Lipinski definition) is 5. The van der Waals surface area contributed by atoms with Crippen LogP contribution in [0.4, 0.5) is 0 Å². The van der Waals surface area contributed by atoms with Crippen LogP contribution in [0.15, 0.2) is 58.5 Å². The number of amides is 1. The lowest BCUT2D eigenvalue weighted by Crippen LogP contribution is -2.25. The second-order valence-corrected chi connectivity index (χ2v) is 9.11. The Morgan fingerprint density at radius 1 is 1.06 bits per heavy atom. The van der Waals surface area contributed by atoms with Crippen LogP contribution in [0.1, 0.15) is 50.3 Å². The van der Waals surface area contributed by atoms with E-state index in [9.17, 15) is 4.79 Å². The molecule has 164 valence electrons. The Balaban J connectivity index is 1.57. The van der Waals surface area contributed by atoms with Gasteiger partial charge in [-0.3, -0.25) is 9.79 Å². The largest absolute Gasteiger partial charge is 0.494 e. The average Bonchev–Trinajstić information content (AvgIpc) is 3.07. The van der Waals surface area contributed by atoms with E-state index >= 15 is 0 Å². The van der Waals surface area contributed by atoms with Crippen LogP contribution in [0.25, 0.3) is 0 Å². The summed E-state index contributed by atoms with van der Waals surface area (Å²) in [5, 5.41) is 3.78. The van der Waals surface area contributed by atoms with Crippen molar-refractivity contribution in [3.8, 4) is 5.75 Å². The minimum absolute atomic E-state index is 0.0167. The van der Waals surface area contributed by atoms with Crippen molar-refractivity contribution >= 4 is 28.4 Å². The Morgan fingerprint density at radius 2 is 1.77 bits per heavy atom. The molecule has 1 heterocycles. The number of carbonyl (C=O) groups excluding carboxylic acids is 1. The van der Waals surface area contributed by atoms with Crippen molar-refractivity contribution in [3.63, 3.8) is 0 Å². The molecule has 0 spiro atoms. The third-order valence-corrected chi connectivity index (χ3v) is 5.77. The van der Waals surface area contributed by atoms with Crippen LogP contribution in [0, 0.1) is 6.92 Å². The predicted octanol–water partition coefficient (Wildman–Crippen LogP) is 5.16. The monoisotopic (exact) mass is 437 g/mol.